The second-order valence-electron chi connectivity index (χ2n) is 4.46. The molecule has 2 aliphatic carbocycles. The molecule has 0 aromatic heterocycles. The first-order valence-corrected chi connectivity index (χ1v) is 5.04. The van der Waals surface area contributed by atoms with Crippen LogP contribution in [0.2, 0.25) is 0 Å². The predicted octanol–water partition coefficient (Wildman–Crippen LogP) is 1.21. The fraction of sp³-hybridized carbons (Fsp3) is 0.800. The zero-order chi connectivity index (χ0) is 10.3. The molecule has 4 heteroatoms. The quantitative estimate of drug-likeness (QED) is 0.714. The zero-order valence-electron chi connectivity index (χ0n) is 7.85. The Morgan fingerprint density at radius 3 is 2.43 bits per heavy atom. The fourth-order valence-corrected chi connectivity index (χ4v) is 3.32. The topological polar surface area (TPSA) is 74.6 Å². The summed E-state index contributed by atoms with van der Waals surface area (Å²) in [6.07, 6.45) is 2.82. The summed E-state index contributed by atoms with van der Waals surface area (Å²) in [5.74, 6) is -1.33. The van der Waals surface area contributed by atoms with Crippen LogP contribution in [0.1, 0.15) is 25.7 Å². The standard InChI is InChI=1S/C10H14O4/c11-8(12)4-6-3-5-1-2-7(6)9(5)10(13)14/h5-7,9H,1-4H2,(H,11,12)(H,13,14)/t5-,6+,7-,9+/m1/s1. The van der Waals surface area contributed by atoms with E-state index in [4.69, 9.17) is 10.2 Å². The molecule has 0 heterocycles. The smallest absolute Gasteiger partial charge is 0.307 e. The summed E-state index contributed by atoms with van der Waals surface area (Å²) in [5.41, 5.74) is 0. The number of rotatable bonds is 3. The summed E-state index contributed by atoms with van der Waals surface area (Å²) in [7, 11) is 0. The minimum absolute atomic E-state index is 0.104. The van der Waals surface area contributed by atoms with E-state index < -0.39 is 11.9 Å². The molecule has 2 bridgehead atoms. The highest BCUT2D eigenvalue weighted by Crippen LogP contribution is 2.53. The van der Waals surface area contributed by atoms with Crippen LogP contribution < -0.4 is 0 Å². The molecule has 0 aromatic carbocycles. The van der Waals surface area contributed by atoms with E-state index in [9.17, 15) is 9.59 Å². The number of carboxylic acids is 2. The lowest BCUT2D eigenvalue weighted by Crippen LogP contribution is -2.21. The maximum Gasteiger partial charge on any atom is 0.307 e. The first-order chi connectivity index (χ1) is 6.59. The van der Waals surface area contributed by atoms with Gasteiger partial charge in [0.2, 0.25) is 0 Å². The van der Waals surface area contributed by atoms with E-state index in [1.807, 2.05) is 0 Å². The largest absolute Gasteiger partial charge is 0.481 e. The van der Waals surface area contributed by atoms with E-state index in [-0.39, 0.29) is 30.1 Å². The van der Waals surface area contributed by atoms with Crippen LogP contribution in [0, 0.1) is 23.7 Å². The molecule has 4 atom stereocenters. The molecule has 2 rings (SSSR count). The molecule has 2 aliphatic rings. The van der Waals surface area contributed by atoms with Crippen LogP contribution in [-0.2, 0) is 9.59 Å². The van der Waals surface area contributed by atoms with Crippen molar-refractivity contribution < 1.29 is 19.8 Å². The van der Waals surface area contributed by atoms with Gasteiger partial charge in [-0.3, -0.25) is 9.59 Å². The van der Waals surface area contributed by atoms with Gasteiger partial charge in [-0.1, -0.05) is 0 Å². The molecular formula is C10H14O4. The molecule has 78 valence electrons. The van der Waals surface area contributed by atoms with Crippen molar-refractivity contribution in [3.8, 4) is 0 Å². The van der Waals surface area contributed by atoms with Crippen LogP contribution in [0.4, 0.5) is 0 Å². The number of fused-ring (bicyclic) bond motifs is 2. The Bertz CT molecular complexity index is 273. The van der Waals surface area contributed by atoms with Crippen molar-refractivity contribution in [2.75, 3.05) is 0 Å². The number of hydrogen-bond donors (Lipinski definition) is 2. The molecule has 0 radical (unpaired) electrons. The summed E-state index contributed by atoms with van der Waals surface area (Å²) in [4.78, 5) is 21.5. The molecule has 2 N–H and O–H groups in total. The molecule has 0 unspecified atom stereocenters. The minimum Gasteiger partial charge on any atom is -0.481 e. The molecule has 0 aromatic rings. The molecule has 0 spiro atoms. The van der Waals surface area contributed by atoms with Crippen molar-refractivity contribution in [1.82, 2.24) is 0 Å². The summed E-state index contributed by atoms with van der Waals surface area (Å²) in [6, 6.07) is 0. The van der Waals surface area contributed by atoms with Crippen LogP contribution in [0.5, 0.6) is 0 Å². The normalized spacial score (nSPS) is 40.0. The lowest BCUT2D eigenvalue weighted by atomic mass is 9.86. The van der Waals surface area contributed by atoms with Crippen molar-refractivity contribution in [1.29, 1.82) is 0 Å². The molecule has 0 amide bonds. The first kappa shape index (κ1) is 9.49. The molecule has 4 nitrogen and oxygen atoms in total. The van der Waals surface area contributed by atoms with Crippen molar-refractivity contribution >= 4 is 11.9 Å². The van der Waals surface area contributed by atoms with E-state index in [0.29, 0.717) is 0 Å². The van der Waals surface area contributed by atoms with Crippen LogP contribution in [-0.4, -0.2) is 22.2 Å². The highest BCUT2D eigenvalue weighted by Gasteiger charge is 2.51. The van der Waals surface area contributed by atoms with Gasteiger partial charge in [-0.25, -0.2) is 0 Å². The van der Waals surface area contributed by atoms with Gasteiger partial charge in [0.05, 0.1) is 5.92 Å². The number of hydrogen-bond acceptors (Lipinski definition) is 2. The maximum absolute atomic E-state index is 10.9. The Hall–Kier alpha value is -1.06. The highest BCUT2D eigenvalue weighted by atomic mass is 16.4. The Labute approximate surface area is 81.9 Å². The van der Waals surface area contributed by atoms with Gasteiger partial charge in [-0.2, -0.15) is 0 Å². The monoisotopic (exact) mass is 198 g/mol. The summed E-state index contributed by atoms with van der Waals surface area (Å²) in [5, 5.41) is 17.7. The van der Waals surface area contributed by atoms with E-state index in [1.54, 1.807) is 0 Å². The van der Waals surface area contributed by atoms with Crippen molar-refractivity contribution in [3.63, 3.8) is 0 Å². The van der Waals surface area contributed by atoms with Gasteiger partial charge in [-0.15, -0.1) is 0 Å². The van der Waals surface area contributed by atoms with Crippen LogP contribution in [0.15, 0.2) is 0 Å². The van der Waals surface area contributed by atoms with E-state index in [0.717, 1.165) is 19.3 Å². The number of carboxylic acid groups (broad SMARTS) is 2. The summed E-state index contributed by atoms with van der Waals surface area (Å²) >= 11 is 0. The van der Waals surface area contributed by atoms with Crippen molar-refractivity contribution in [2.45, 2.75) is 25.7 Å². The van der Waals surface area contributed by atoms with Crippen molar-refractivity contribution in [2.24, 2.45) is 23.7 Å². The maximum atomic E-state index is 10.9. The molecule has 14 heavy (non-hydrogen) atoms. The van der Waals surface area contributed by atoms with Gasteiger partial charge in [0.15, 0.2) is 0 Å². The molecule has 0 aliphatic heterocycles. The summed E-state index contributed by atoms with van der Waals surface area (Å²) in [6.45, 7) is 0. The third kappa shape index (κ3) is 1.38. The summed E-state index contributed by atoms with van der Waals surface area (Å²) < 4.78 is 0. The van der Waals surface area contributed by atoms with Crippen LogP contribution >= 0.6 is 0 Å². The second kappa shape index (κ2) is 3.26. The van der Waals surface area contributed by atoms with Gasteiger partial charge in [0.25, 0.3) is 0 Å². The van der Waals surface area contributed by atoms with Gasteiger partial charge >= 0.3 is 11.9 Å². The Balaban J connectivity index is 2.07. The van der Waals surface area contributed by atoms with Crippen LogP contribution in [0.3, 0.4) is 0 Å². The van der Waals surface area contributed by atoms with Gasteiger partial charge in [0, 0.05) is 6.42 Å². The number of carbonyl (C=O) groups is 2. The minimum atomic E-state index is -0.799. The lowest BCUT2D eigenvalue weighted by molar-refractivity contribution is -0.144. The second-order valence-corrected chi connectivity index (χ2v) is 4.46. The van der Waals surface area contributed by atoms with E-state index in [2.05, 4.69) is 0 Å². The van der Waals surface area contributed by atoms with Crippen LogP contribution in [0.25, 0.3) is 0 Å². The highest BCUT2D eigenvalue weighted by molar-refractivity contribution is 5.72. The molecule has 2 fully saturated rings. The molecule has 2 saturated carbocycles. The Morgan fingerprint density at radius 2 is 1.93 bits per heavy atom. The average molecular weight is 198 g/mol. The predicted molar refractivity (Wildman–Crippen MR) is 47.7 cm³/mol. The van der Waals surface area contributed by atoms with Gasteiger partial charge in [0.1, 0.15) is 0 Å². The molecule has 0 saturated heterocycles. The fourth-order valence-electron chi connectivity index (χ4n) is 3.32. The van der Waals surface area contributed by atoms with E-state index >= 15 is 0 Å². The lowest BCUT2D eigenvalue weighted by Gasteiger charge is -2.19. The zero-order valence-corrected chi connectivity index (χ0v) is 7.85. The van der Waals surface area contributed by atoms with Gasteiger partial charge in [-0.05, 0) is 37.0 Å². The van der Waals surface area contributed by atoms with E-state index in [1.165, 1.54) is 0 Å². The Kier molecular flexibility index (Phi) is 2.21. The third-order valence-electron chi connectivity index (χ3n) is 3.77. The third-order valence-corrected chi connectivity index (χ3v) is 3.77. The Morgan fingerprint density at radius 1 is 1.21 bits per heavy atom. The first-order valence-electron chi connectivity index (χ1n) is 5.04. The van der Waals surface area contributed by atoms with Crippen molar-refractivity contribution in [3.05, 3.63) is 0 Å². The van der Waals surface area contributed by atoms with Gasteiger partial charge < -0.3 is 10.2 Å². The number of aliphatic carboxylic acids is 2. The SMILES string of the molecule is O=C(O)C[C@@H]1C[C@H]2CC[C@H]1[C@H]2C(=O)O. The molecular weight excluding hydrogens is 184 g/mol. The average Bonchev–Trinajstić information content (AvgIpc) is 2.58.